The van der Waals surface area contributed by atoms with Gasteiger partial charge < -0.3 is 20.4 Å². The summed E-state index contributed by atoms with van der Waals surface area (Å²) < 4.78 is 20.1. The van der Waals surface area contributed by atoms with Gasteiger partial charge in [-0.05, 0) is 98.8 Å². The lowest BCUT2D eigenvalue weighted by molar-refractivity contribution is 0.0932. The predicted molar refractivity (Wildman–Crippen MR) is 141 cm³/mol. The fourth-order valence-corrected chi connectivity index (χ4v) is 5.45. The van der Waals surface area contributed by atoms with Crippen molar-refractivity contribution in [3.8, 4) is 11.5 Å². The van der Waals surface area contributed by atoms with Crippen LogP contribution in [0, 0.1) is 5.82 Å². The second kappa shape index (κ2) is 10.3. The number of aromatic nitrogens is 3. The molecule has 1 aliphatic carbocycles. The van der Waals surface area contributed by atoms with Crippen molar-refractivity contribution in [3.63, 3.8) is 0 Å². The Labute approximate surface area is 220 Å². The van der Waals surface area contributed by atoms with E-state index in [1.165, 1.54) is 6.07 Å². The average molecular weight is 513 g/mol. The Morgan fingerprint density at radius 1 is 1.05 bits per heavy atom. The van der Waals surface area contributed by atoms with Crippen LogP contribution in [-0.4, -0.2) is 34.2 Å². The van der Waals surface area contributed by atoms with E-state index >= 15 is 0 Å². The fraction of sp³-hybridized carbons (Fsp3) is 0.310. The van der Waals surface area contributed by atoms with Gasteiger partial charge in [0.25, 0.3) is 5.91 Å². The van der Waals surface area contributed by atoms with Gasteiger partial charge >= 0.3 is 0 Å². The maximum absolute atomic E-state index is 13.9. The Hall–Kier alpha value is -4.11. The van der Waals surface area contributed by atoms with Crippen LogP contribution < -0.4 is 16.0 Å². The van der Waals surface area contributed by atoms with Crippen LogP contribution in [0.2, 0.25) is 0 Å². The number of nitrogens with zero attached hydrogens (tertiary/aromatic N) is 3. The molecule has 1 amide bonds. The molecule has 9 heteroatoms. The smallest absolute Gasteiger partial charge is 0.251 e. The lowest BCUT2D eigenvalue weighted by atomic mass is 9.87. The number of halogens is 1. The van der Waals surface area contributed by atoms with E-state index in [1.807, 2.05) is 36.4 Å². The van der Waals surface area contributed by atoms with Gasteiger partial charge in [0.15, 0.2) is 0 Å². The van der Waals surface area contributed by atoms with Crippen molar-refractivity contribution in [3.05, 3.63) is 95.4 Å². The molecule has 0 radical (unpaired) electrons. The molecule has 8 nitrogen and oxygen atoms in total. The van der Waals surface area contributed by atoms with Crippen LogP contribution in [0.25, 0.3) is 11.5 Å². The van der Waals surface area contributed by atoms with Crippen LogP contribution in [0.3, 0.4) is 0 Å². The summed E-state index contributed by atoms with van der Waals surface area (Å²) in [5, 5.41) is 18.8. The molecule has 2 aromatic heterocycles. The van der Waals surface area contributed by atoms with Crippen molar-refractivity contribution in [1.82, 2.24) is 25.8 Å². The van der Waals surface area contributed by atoms with Gasteiger partial charge in [0.1, 0.15) is 11.4 Å². The summed E-state index contributed by atoms with van der Waals surface area (Å²) >= 11 is 0. The van der Waals surface area contributed by atoms with Crippen molar-refractivity contribution in [1.29, 1.82) is 0 Å². The van der Waals surface area contributed by atoms with Crippen LogP contribution in [-0.2, 0) is 12.0 Å². The zero-order chi connectivity index (χ0) is 26.0. The van der Waals surface area contributed by atoms with Crippen molar-refractivity contribution in [2.24, 2.45) is 0 Å². The van der Waals surface area contributed by atoms with Crippen molar-refractivity contribution < 1.29 is 13.6 Å². The fourth-order valence-electron chi connectivity index (χ4n) is 5.45. The van der Waals surface area contributed by atoms with Crippen molar-refractivity contribution in [2.75, 3.05) is 18.4 Å². The number of carbonyl (C=O) groups is 1. The molecule has 2 aliphatic rings. The molecule has 3 heterocycles. The maximum atomic E-state index is 13.9. The van der Waals surface area contributed by atoms with Gasteiger partial charge in [0.2, 0.25) is 11.8 Å². The highest BCUT2D eigenvalue weighted by atomic mass is 19.1. The third-order valence-corrected chi connectivity index (χ3v) is 7.45. The summed E-state index contributed by atoms with van der Waals surface area (Å²) in [5.41, 5.74) is 3.53. The summed E-state index contributed by atoms with van der Waals surface area (Å²) in [6, 6.07) is 15.7. The number of rotatable bonds is 6. The minimum Gasteiger partial charge on any atom is -0.418 e. The number of piperidine rings is 1. The average Bonchev–Trinajstić information content (AvgIpc) is 3.46. The van der Waals surface area contributed by atoms with Gasteiger partial charge in [-0.25, -0.2) is 4.39 Å². The topological polar surface area (TPSA) is 105 Å². The van der Waals surface area contributed by atoms with E-state index in [-0.39, 0.29) is 17.8 Å². The van der Waals surface area contributed by atoms with Crippen LogP contribution in [0.15, 0.2) is 71.4 Å². The first-order valence-corrected chi connectivity index (χ1v) is 13.0. The molecule has 38 heavy (non-hydrogen) atoms. The second-order valence-electron chi connectivity index (χ2n) is 9.95. The molecular weight excluding hydrogens is 483 g/mol. The molecule has 0 unspecified atom stereocenters. The molecule has 1 saturated heterocycles. The van der Waals surface area contributed by atoms with Gasteiger partial charge in [0, 0.05) is 29.2 Å². The minimum atomic E-state index is -0.571. The molecule has 194 valence electrons. The maximum Gasteiger partial charge on any atom is 0.251 e. The number of amides is 1. The third kappa shape index (κ3) is 4.89. The number of benzene rings is 2. The first-order valence-electron chi connectivity index (χ1n) is 13.0. The van der Waals surface area contributed by atoms with E-state index < -0.39 is 5.54 Å². The zero-order valence-electron chi connectivity index (χ0n) is 20.9. The standard InChI is InChI=1S/C29H29FN6O2/c30-22-8-7-19-3-2-6-25(24(19)18-22)33-26(37)21-4-1-5-23(17-21)34-29(11-15-32-16-12-29)28-36-35-27(38-28)20-9-13-31-14-10-20/h1,4-5,7-10,13-14,17-18,25,32,34H,2-3,6,11-12,15-16H2,(H,33,37)/t25-/m1/s1. The van der Waals surface area contributed by atoms with E-state index in [0.717, 1.165) is 67.6 Å². The highest BCUT2D eigenvalue weighted by molar-refractivity contribution is 5.95. The zero-order valence-corrected chi connectivity index (χ0v) is 20.9. The molecule has 6 rings (SSSR count). The molecule has 0 spiro atoms. The molecule has 0 bridgehead atoms. The van der Waals surface area contributed by atoms with E-state index in [9.17, 15) is 9.18 Å². The van der Waals surface area contributed by atoms with Crippen LogP contribution >= 0.6 is 0 Å². The van der Waals surface area contributed by atoms with Crippen molar-refractivity contribution >= 4 is 11.6 Å². The van der Waals surface area contributed by atoms with E-state index in [0.29, 0.717) is 17.3 Å². The Bertz CT molecular complexity index is 1430. The van der Waals surface area contributed by atoms with Crippen LogP contribution in [0.1, 0.15) is 59.1 Å². The number of hydrogen-bond acceptors (Lipinski definition) is 7. The lowest BCUT2D eigenvalue weighted by Gasteiger charge is -2.36. The predicted octanol–water partition coefficient (Wildman–Crippen LogP) is 4.77. The van der Waals surface area contributed by atoms with Gasteiger partial charge in [0.05, 0.1) is 6.04 Å². The van der Waals surface area contributed by atoms with Gasteiger partial charge in [-0.2, -0.15) is 0 Å². The van der Waals surface area contributed by atoms with E-state index in [4.69, 9.17) is 4.42 Å². The lowest BCUT2D eigenvalue weighted by Crippen LogP contribution is -2.45. The molecule has 0 saturated carbocycles. The molecular formula is C29H29FN6O2. The number of nitrogens with one attached hydrogen (secondary N) is 3. The summed E-state index contributed by atoms with van der Waals surface area (Å²) in [6.07, 6.45) is 7.50. The Morgan fingerprint density at radius 2 is 1.89 bits per heavy atom. The first-order chi connectivity index (χ1) is 18.6. The summed E-state index contributed by atoms with van der Waals surface area (Å²) in [5.74, 6) is 0.491. The van der Waals surface area contributed by atoms with E-state index in [2.05, 4.69) is 31.1 Å². The van der Waals surface area contributed by atoms with E-state index in [1.54, 1.807) is 24.5 Å². The summed E-state index contributed by atoms with van der Waals surface area (Å²) in [7, 11) is 0. The molecule has 1 fully saturated rings. The van der Waals surface area contributed by atoms with Gasteiger partial charge in [-0.3, -0.25) is 9.78 Å². The first kappa shape index (κ1) is 24.2. The minimum absolute atomic E-state index is 0.187. The van der Waals surface area contributed by atoms with Gasteiger partial charge in [-0.1, -0.05) is 12.1 Å². The van der Waals surface area contributed by atoms with Gasteiger partial charge in [-0.15, -0.1) is 10.2 Å². The Morgan fingerprint density at radius 3 is 2.74 bits per heavy atom. The number of aryl methyl sites for hydroxylation is 1. The molecule has 1 aliphatic heterocycles. The Balaban J connectivity index is 1.23. The summed E-state index contributed by atoms with van der Waals surface area (Å²) in [4.78, 5) is 17.3. The highest BCUT2D eigenvalue weighted by Gasteiger charge is 2.39. The second-order valence-corrected chi connectivity index (χ2v) is 9.95. The number of anilines is 1. The summed E-state index contributed by atoms with van der Waals surface area (Å²) in [6.45, 7) is 1.58. The number of carbonyl (C=O) groups excluding carboxylic acids is 1. The highest BCUT2D eigenvalue weighted by Crippen LogP contribution is 2.36. The molecule has 1 atom stereocenters. The number of hydrogen-bond donors (Lipinski definition) is 3. The molecule has 2 aromatic carbocycles. The third-order valence-electron chi connectivity index (χ3n) is 7.45. The molecule has 4 aromatic rings. The van der Waals surface area contributed by atoms with Crippen molar-refractivity contribution in [2.45, 2.75) is 43.7 Å². The normalized spacial score (nSPS) is 18.4. The molecule has 3 N–H and O–H groups in total. The monoisotopic (exact) mass is 512 g/mol. The number of pyridine rings is 1. The quantitative estimate of drug-likeness (QED) is 0.342. The van der Waals surface area contributed by atoms with Crippen LogP contribution in [0.4, 0.5) is 10.1 Å². The number of fused-ring (bicyclic) bond motifs is 1. The largest absolute Gasteiger partial charge is 0.418 e. The SMILES string of the molecule is O=C(N[C@@H]1CCCc2ccc(F)cc21)c1cccc(NC2(c3nnc(-c4ccncc4)o3)CCNCC2)c1. The Kier molecular flexibility index (Phi) is 6.59. The van der Waals surface area contributed by atoms with Crippen LogP contribution in [0.5, 0.6) is 0 Å².